The van der Waals surface area contributed by atoms with Gasteiger partial charge in [0.2, 0.25) is 5.88 Å². The Morgan fingerprint density at radius 2 is 1.89 bits per heavy atom. The Bertz CT molecular complexity index is 824. The van der Waals surface area contributed by atoms with E-state index < -0.39 is 5.97 Å². The molecule has 8 heteroatoms. The molecular formula is C20H23N3O5. The van der Waals surface area contributed by atoms with E-state index in [1.165, 1.54) is 20.3 Å². The molecule has 1 aromatic heterocycles. The van der Waals surface area contributed by atoms with Crippen LogP contribution in [0.2, 0.25) is 0 Å². The molecule has 0 spiro atoms. The number of aromatic nitrogens is 2. The number of esters is 1. The lowest BCUT2D eigenvalue weighted by Crippen LogP contribution is -2.26. The van der Waals surface area contributed by atoms with Crippen molar-refractivity contribution in [2.75, 3.05) is 32.3 Å². The van der Waals surface area contributed by atoms with Crippen LogP contribution in [0.15, 0.2) is 42.5 Å². The number of hydrogen-bond donors (Lipinski definition) is 0. The van der Waals surface area contributed by atoms with Crippen LogP contribution >= 0.6 is 0 Å². The van der Waals surface area contributed by atoms with Gasteiger partial charge < -0.3 is 19.1 Å². The lowest BCUT2D eigenvalue weighted by Gasteiger charge is -2.24. The first-order chi connectivity index (χ1) is 13.6. The van der Waals surface area contributed by atoms with E-state index in [2.05, 4.69) is 9.97 Å². The number of nitrogens with zero attached hydrogens (tertiary/aromatic N) is 3. The monoisotopic (exact) mass is 385 g/mol. The van der Waals surface area contributed by atoms with Crippen LogP contribution in [0.5, 0.6) is 11.9 Å². The average Bonchev–Trinajstić information content (AvgIpc) is 2.72. The Morgan fingerprint density at radius 3 is 2.50 bits per heavy atom. The molecule has 8 nitrogen and oxygen atoms in total. The summed E-state index contributed by atoms with van der Waals surface area (Å²) in [7, 11) is 2.85. The molecule has 0 atom stereocenters. The zero-order valence-electron chi connectivity index (χ0n) is 16.1. The van der Waals surface area contributed by atoms with Crippen LogP contribution in [0.25, 0.3) is 0 Å². The molecule has 0 N–H and O–H groups in total. The number of anilines is 1. The van der Waals surface area contributed by atoms with Crippen molar-refractivity contribution in [1.29, 1.82) is 0 Å². The highest BCUT2D eigenvalue weighted by Crippen LogP contribution is 2.28. The van der Waals surface area contributed by atoms with Gasteiger partial charge in [-0.3, -0.25) is 4.79 Å². The third-order valence-electron chi connectivity index (χ3n) is 3.75. The van der Waals surface area contributed by atoms with E-state index in [1.807, 2.05) is 35.2 Å². The Kier molecular flexibility index (Phi) is 7.95. The van der Waals surface area contributed by atoms with Crippen LogP contribution in [0.1, 0.15) is 22.8 Å². The number of aldehydes is 1. The summed E-state index contributed by atoms with van der Waals surface area (Å²) in [6.07, 6.45) is 3.63. The van der Waals surface area contributed by atoms with Crippen molar-refractivity contribution < 1.29 is 23.8 Å². The molecule has 1 aromatic carbocycles. The SMILES string of the molecule is CCOC(=O)/C=C/CN(Cc1ccccc1)c1nc(OC)nc(OC)c1C=O. The lowest BCUT2D eigenvalue weighted by atomic mass is 10.2. The minimum absolute atomic E-state index is 0.0740. The standard InChI is InChI=1S/C20H23N3O5/c1-4-28-17(25)11-8-12-23(13-15-9-6-5-7-10-15)18-16(14-24)19(26-2)22-20(21-18)27-3/h5-11,14H,4,12-13H2,1-3H3/b11-8+. The first-order valence-corrected chi connectivity index (χ1v) is 8.70. The van der Waals surface area contributed by atoms with E-state index in [9.17, 15) is 9.59 Å². The zero-order valence-corrected chi connectivity index (χ0v) is 16.1. The first kappa shape index (κ1) is 20.9. The van der Waals surface area contributed by atoms with Crippen LogP contribution in [0, 0.1) is 0 Å². The van der Waals surface area contributed by atoms with E-state index in [4.69, 9.17) is 14.2 Å². The fraction of sp³-hybridized carbons (Fsp3) is 0.300. The number of benzene rings is 1. The predicted molar refractivity (Wildman–Crippen MR) is 104 cm³/mol. The molecule has 0 aliphatic carbocycles. The molecule has 2 aromatic rings. The Morgan fingerprint density at radius 1 is 1.14 bits per heavy atom. The normalized spacial score (nSPS) is 10.5. The van der Waals surface area contributed by atoms with E-state index in [0.717, 1.165) is 5.56 Å². The average molecular weight is 385 g/mol. The minimum atomic E-state index is -0.435. The van der Waals surface area contributed by atoms with Crippen molar-refractivity contribution in [3.05, 3.63) is 53.6 Å². The van der Waals surface area contributed by atoms with Crippen molar-refractivity contribution in [3.63, 3.8) is 0 Å². The zero-order chi connectivity index (χ0) is 20.4. The molecule has 2 rings (SSSR count). The summed E-state index contributed by atoms with van der Waals surface area (Å²) in [6.45, 7) is 2.78. The van der Waals surface area contributed by atoms with E-state index in [0.29, 0.717) is 31.8 Å². The maximum atomic E-state index is 11.7. The molecule has 28 heavy (non-hydrogen) atoms. The molecule has 0 fully saturated rings. The van der Waals surface area contributed by atoms with Gasteiger partial charge in [-0.25, -0.2) is 4.79 Å². The number of carbonyl (C=O) groups excluding carboxylic acids is 2. The van der Waals surface area contributed by atoms with Crippen molar-refractivity contribution >= 4 is 18.1 Å². The van der Waals surface area contributed by atoms with Gasteiger partial charge in [-0.2, -0.15) is 9.97 Å². The Balaban J connectivity index is 2.42. The van der Waals surface area contributed by atoms with Gasteiger partial charge in [-0.1, -0.05) is 36.4 Å². The smallest absolute Gasteiger partial charge is 0.330 e. The van der Waals surface area contributed by atoms with E-state index in [-0.39, 0.29) is 17.5 Å². The summed E-state index contributed by atoms with van der Waals surface area (Å²) < 4.78 is 15.2. The van der Waals surface area contributed by atoms with Gasteiger partial charge in [0.15, 0.2) is 12.1 Å². The molecule has 0 saturated heterocycles. The number of hydrogen-bond acceptors (Lipinski definition) is 8. The van der Waals surface area contributed by atoms with Crippen LogP contribution in [-0.4, -0.2) is 49.6 Å². The van der Waals surface area contributed by atoms with E-state index >= 15 is 0 Å². The van der Waals surface area contributed by atoms with Gasteiger partial charge in [0.1, 0.15) is 5.56 Å². The molecule has 0 radical (unpaired) electrons. The minimum Gasteiger partial charge on any atom is -0.480 e. The predicted octanol–water partition coefficient (Wildman–Crippen LogP) is 2.43. The van der Waals surface area contributed by atoms with Gasteiger partial charge in [-0.05, 0) is 12.5 Å². The quantitative estimate of drug-likeness (QED) is 0.350. The second kappa shape index (κ2) is 10.7. The molecular weight excluding hydrogens is 362 g/mol. The summed E-state index contributed by atoms with van der Waals surface area (Å²) in [5.41, 5.74) is 1.20. The lowest BCUT2D eigenvalue weighted by molar-refractivity contribution is -0.137. The first-order valence-electron chi connectivity index (χ1n) is 8.70. The van der Waals surface area contributed by atoms with Crippen LogP contribution in [0.3, 0.4) is 0 Å². The number of carbonyl (C=O) groups is 2. The third-order valence-corrected chi connectivity index (χ3v) is 3.75. The Labute approximate surface area is 163 Å². The fourth-order valence-corrected chi connectivity index (χ4v) is 2.51. The second-order valence-electron chi connectivity index (χ2n) is 5.60. The number of rotatable bonds is 10. The van der Waals surface area contributed by atoms with Crippen molar-refractivity contribution in [1.82, 2.24) is 9.97 Å². The van der Waals surface area contributed by atoms with E-state index in [1.54, 1.807) is 13.0 Å². The van der Waals surface area contributed by atoms with Gasteiger partial charge in [0, 0.05) is 19.2 Å². The summed E-state index contributed by atoms with van der Waals surface area (Å²) in [6, 6.07) is 9.75. The maximum absolute atomic E-state index is 11.7. The molecule has 0 aliphatic rings. The summed E-state index contributed by atoms with van der Waals surface area (Å²) in [5, 5.41) is 0. The van der Waals surface area contributed by atoms with Gasteiger partial charge in [-0.15, -0.1) is 0 Å². The highest BCUT2D eigenvalue weighted by Gasteiger charge is 2.20. The largest absolute Gasteiger partial charge is 0.480 e. The molecule has 0 bridgehead atoms. The van der Waals surface area contributed by atoms with Crippen molar-refractivity contribution in [3.8, 4) is 11.9 Å². The third kappa shape index (κ3) is 5.54. The summed E-state index contributed by atoms with van der Waals surface area (Å²) in [4.78, 5) is 33.5. The molecule has 0 unspecified atom stereocenters. The summed E-state index contributed by atoms with van der Waals surface area (Å²) in [5.74, 6) is 0.0240. The van der Waals surface area contributed by atoms with Crippen LogP contribution < -0.4 is 14.4 Å². The second-order valence-corrected chi connectivity index (χ2v) is 5.60. The molecule has 1 heterocycles. The number of ether oxygens (including phenoxy) is 3. The summed E-state index contributed by atoms with van der Waals surface area (Å²) >= 11 is 0. The molecule has 148 valence electrons. The maximum Gasteiger partial charge on any atom is 0.330 e. The topological polar surface area (TPSA) is 90.8 Å². The molecule has 0 amide bonds. The van der Waals surface area contributed by atoms with Gasteiger partial charge >= 0.3 is 12.0 Å². The van der Waals surface area contributed by atoms with Crippen molar-refractivity contribution in [2.24, 2.45) is 0 Å². The highest BCUT2D eigenvalue weighted by atomic mass is 16.5. The molecule has 0 saturated carbocycles. The van der Waals surface area contributed by atoms with Gasteiger partial charge in [0.25, 0.3) is 0 Å². The Hall–Kier alpha value is -3.42. The fourth-order valence-electron chi connectivity index (χ4n) is 2.51. The molecule has 0 aliphatic heterocycles. The highest BCUT2D eigenvalue weighted by molar-refractivity contribution is 5.86. The van der Waals surface area contributed by atoms with Gasteiger partial charge in [0.05, 0.1) is 20.8 Å². The number of methoxy groups -OCH3 is 2. The van der Waals surface area contributed by atoms with Crippen LogP contribution in [0.4, 0.5) is 5.82 Å². The van der Waals surface area contributed by atoms with Crippen LogP contribution in [-0.2, 0) is 16.1 Å². The van der Waals surface area contributed by atoms with Crippen molar-refractivity contribution in [2.45, 2.75) is 13.5 Å².